The zero-order valence-electron chi connectivity index (χ0n) is 9.43. The van der Waals surface area contributed by atoms with Crippen LogP contribution < -0.4 is 0 Å². The fraction of sp³-hybridized carbons (Fsp3) is 0.500. The second kappa shape index (κ2) is 5.07. The number of nitrogens with zero attached hydrogens (tertiary/aromatic N) is 2. The molecule has 4 heteroatoms. The van der Waals surface area contributed by atoms with E-state index < -0.39 is 0 Å². The first-order valence-electron chi connectivity index (χ1n) is 5.55. The van der Waals surface area contributed by atoms with E-state index in [-0.39, 0.29) is 5.97 Å². The number of carbonyl (C=O) groups excluding carboxylic acids is 1. The molecule has 1 unspecified atom stereocenters. The summed E-state index contributed by atoms with van der Waals surface area (Å²) < 4.78 is 5.27. The summed E-state index contributed by atoms with van der Waals surface area (Å²) in [5, 5.41) is 0. The van der Waals surface area contributed by atoms with E-state index in [9.17, 15) is 4.79 Å². The van der Waals surface area contributed by atoms with Crippen LogP contribution in [0.4, 0.5) is 0 Å². The lowest BCUT2D eigenvalue weighted by Gasteiger charge is -2.18. The van der Waals surface area contributed by atoms with Crippen molar-refractivity contribution in [2.75, 3.05) is 20.2 Å². The lowest BCUT2D eigenvalue weighted by Crippen LogP contribution is -2.30. The van der Waals surface area contributed by atoms with Gasteiger partial charge in [-0.05, 0) is 38.6 Å². The molecule has 0 aliphatic carbocycles. The maximum Gasteiger partial charge on any atom is 0.338 e. The second-order valence-electron chi connectivity index (χ2n) is 4.11. The average Bonchev–Trinajstić information content (AvgIpc) is 2.73. The standard InChI is InChI=1S/C12H16N2O2/c1-14-8-2-3-11(14)9-16-12(15)10-4-6-13-7-5-10/h4-7,11H,2-3,8-9H2,1H3. The summed E-state index contributed by atoms with van der Waals surface area (Å²) in [5.41, 5.74) is 0.565. The van der Waals surface area contributed by atoms with E-state index in [1.807, 2.05) is 0 Å². The topological polar surface area (TPSA) is 42.4 Å². The van der Waals surface area contributed by atoms with Crippen molar-refractivity contribution in [3.8, 4) is 0 Å². The smallest absolute Gasteiger partial charge is 0.338 e. The summed E-state index contributed by atoms with van der Waals surface area (Å²) in [6, 6.07) is 3.72. The second-order valence-corrected chi connectivity index (χ2v) is 4.11. The van der Waals surface area contributed by atoms with Crippen molar-refractivity contribution >= 4 is 5.97 Å². The summed E-state index contributed by atoms with van der Waals surface area (Å²) in [6.07, 6.45) is 5.49. The number of hydrogen-bond acceptors (Lipinski definition) is 4. The summed E-state index contributed by atoms with van der Waals surface area (Å²) in [6.45, 7) is 1.58. The number of aromatic nitrogens is 1. The third-order valence-electron chi connectivity index (χ3n) is 2.99. The molecule has 1 aliphatic rings. The van der Waals surface area contributed by atoms with Crippen LogP contribution in [0.3, 0.4) is 0 Å². The van der Waals surface area contributed by atoms with Crippen LogP contribution in [0.15, 0.2) is 24.5 Å². The van der Waals surface area contributed by atoms with Crippen LogP contribution in [-0.4, -0.2) is 42.1 Å². The molecule has 0 amide bonds. The van der Waals surface area contributed by atoms with E-state index in [1.54, 1.807) is 24.5 Å². The molecule has 4 nitrogen and oxygen atoms in total. The molecule has 0 spiro atoms. The van der Waals surface area contributed by atoms with Gasteiger partial charge in [0.05, 0.1) is 5.56 Å². The highest BCUT2D eigenvalue weighted by Gasteiger charge is 2.22. The molecule has 16 heavy (non-hydrogen) atoms. The van der Waals surface area contributed by atoms with Gasteiger partial charge < -0.3 is 9.64 Å². The number of likely N-dealkylation sites (tertiary alicyclic amines) is 1. The van der Waals surface area contributed by atoms with Crippen LogP contribution in [0, 0.1) is 0 Å². The lowest BCUT2D eigenvalue weighted by atomic mass is 10.2. The van der Waals surface area contributed by atoms with Crippen molar-refractivity contribution in [1.29, 1.82) is 0 Å². The molecule has 1 aliphatic heterocycles. The van der Waals surface area contributed by atoms with E-state index >= 15 is 0 Å². The maximum absolute atomic E-state index is 11.6. The van der Waals surface area contributed by atoms with Gasteiger partial charge in [-0.25, -0.2) is 4.79 Å². The van der Waals surface area contributed by atoms with Gasteiger partial charge in [-0.2, -0.15) is 0 Å². The van der Waals surface area contributed by atoms with E-state index in [1.165, 1.54) is 6.42 Å². The molecular formula is C12H16N2O2. The minimum Gasteiger partial charge on any atom is -0.460 e. The molecule has 0 radical (unpaired) electrons. The molecule has 0 aromatic carbocycles. The minimum atomic E-state index is -0.261. The number of likely N-dealkylation sites (N-methyl/N-ethyl adjacent to an activating group) is 1. The molecular weight excluding hydrogens is 204 g/mol. The first-order valence-corrected chi connectivity index (χ1v) is 5.55. The van der Waals surface area contributed by atoms with Crippen molar-refractivity contribution in [3.05, 3.63) is 30.1 Å². The largest absolute Gasteiger partial charge is 0.460 e. The quantitative estimate of drug-likeness (QED) is 0.721. The van der Waals surface area contributed by atoms with Crippen molar-refractivity contribution in [2.45, 2.75) is 18.9 Å². The third kappa shape index (κ3) is 2.58. The van der Waals surface area contributed by atoms with Gasteiger partial charge in [0.15, 0.2) is 0 Å². The van der Waals surface area contributed by atoms with Crippen LogP contribution in [0.1, 0.15) is 23.2 Å². The molecule has 86 valence electrons. The summed E-state index contributed by atoms with van der Waals surface area (Å²) >= 11 is 0. The Morgan fingerprint density at radius 3 is 2.94 bits per heavy atom. The molecule has 1 fully saturated rings. The normalized spacial score (nSPS) is 20.9. The van der Waals surface area contributed by atoms with E-state index in [0.717, 1.165) is 13.0 Å². The van der Waals surface area contributed by atoms with E-state index in [2.05, 4.69) is 16.9 Å². The molecule has 2 heterocycles. The minimum absolute atomic E-state index is 0.261. The monoisotopic (exact) mass is 220 g/mol. The lowest BCUT2D eigenvalue weighted by molar-refractivity contribution is 0.0416. The van der Waals surface area contributed by atoms with Gasteiger partial charge in [0, 0.05) is 18.4 Å². The van der Waals surface area contributed by atoms with Gasteiger partial charge in [-0.1, -0.05) is 0 Å². The fourth-order valence-corrected chi connectivity index (χ4v) is 1.93. The van der Waals surface area contributed by atoms with Gasteiger partial charge in [0.1, 0.15) is 6.61 Å². The number of pyridine rings is 1. The number of carbonyl (C=O) groups is 1. The number of ether oxygens (including phenoxy) is 1. The van der Waals surface area contributed by atoms with Crippen LogP contribution in [-0.2, 0) is 4.74 Å². The Labute approximate surface area is 95.2 Å². The highest BCUT2D eigenvalue weighted by atomic mass is 16.5. The number of hydrogen-bond donors (Lipinski definition) is 0. The Kier molecular flexibility index (Phi) is 3.51. The molecule has 0 saturated carbocycles. The fourth-order valence-electron chi connectivity index (χ4n) is 1.93. The Hall–Kier alpha value is -1.42. The van der Waals surface area contributed by atoms with Crippen LogP contribution >= 0.6 is 0 Å². The molecule has 1 aromatic heterocycles. The highest BCUT2D eigenvalue weighted by molar-refractivity contribution is 5.89. The van der Waals surface area contributed by atoms with Gasteiger partial charge in [-0.15, -0.1) is 0 Å². The van der Waals surface area contributed by atoms with Gasteiger partial charge >= 0.3 is 5.97 Å². The SMILES string of the molecule is CN1CCCC1COC(=O)c1ccncc1. The average molecular weight is 220 g/mol. The number of rotatable bonds is 3. The molecule has 1 saturated heterocycles. The first-order chi connectivity index (χ1) is 7.77. The predicted molar refractivity (Wildman–Crippen MR) is 60.2 cm³/mol. The van der Waals surface area contributed by atoms with Crippen LogP contribution in [0.25, 0.3) is 0 Å². The van der Waals surface area contributed by atoms with Gasteiger partial charge in [0.25, 0.3) is 0 Å². The molecule has 2 rings (SSSR count). The molecule has 0 N–H and O–H groups in total. The zero-order chi connectivity index (χ0) is 11.4. The van der Waals surface area contributed by atoms with Crippen LogP contribution in [0.2, 0.25) is 0 Å². The predicted octanol–water partition coefficient (Wildman–Crippen LogP) is 1.33. The van der Waals surface area contributed by atoms with Crippen molar-refractivity contribution in [3.63, 3.8) is 0 Å². The summed E-state index contributed by atoms with van der Waals surface area (Å²) in [5.74, 6) is -0.261. The van der Waals surface area contributed by atoms with E-state index in [4.69, 9.17) is 4.74 Å². The first kappa shape index (κ1) is 11.1. The van der Waals surface area contributed by atoms with E-state index in [0.29, 0.717) is 18.2 Å². The Morgan fingerprint density at radius 1 is 1.56 bits per heavy atom. The summed E-state index contributed by atoms with van der Waals surface area (Å²) in [4.78, 5) is 17.7. The van der Waals surface area contributed by atoms with Crippen molar-refractivity contribution in [1.82, 2.24) is 9.88 Å². The zero-order valence-corrected chi connectivity index (χ0v) is 9.43. The van der Waals surface area contributed by atoms with Gasteiger partial charge in [-0.3, -0.25) is 4.98 Å². The molecule has 1 aromatic rings. The van der Waals surface area contributed by atoms with Crippen molar-refractivity contribution < 1.29 is 9.53 Å². The molecule has 0 bridgehead atoms. The van der Waals surface area contributed by atoms with Crippen molar-refractivity contribution in [2.24, 2.45) is 0 Å². The molecule has 1 atom stereocenters. The third-order valence-corrected chi connectivity index (χ3v) is 2.99. The summed E-state index contributed by atoms with van der Waals surface area (Å²) in [7, 11) is 2.07. The Bertz CT molecular complexity index is 353. The number of esters is 1. The van der Waals surface area contributed by atoms with Crippen LogP contribution in [0.5, 0.6) is 0 Å². The highest BCUT2D eigenvalue weighted by Crippen LogP contribution is 2.15. The Morgan fingerprint density at radius 2 is 2.31 bits per heavy atom. The Balaban J connectivity index is 1.84. The maximum atomic E-state index is 11.6. The van der Waals surface area contributed by atoms with Gasteiger partial charge in [0.2, 0.25) is 0 Å².